The van der Waals surface area contributed by atoms with Crippen molar-refractivity contribution in [3.05, 3.63) is 29.8 Å². The zero-order valence-electron chi connectivity index (χ0n) is 15.0. The van der Waals surface area contributed by atoms with Crippen molar-refractivity contribution in [1.29, 1.82) is 0 Å². The molecule has 0 radical (unpaired) electrons. The summed E-state index contributed by atoms with van der Waals surface area (Å²) in [5.74, 6) is 0.419. The van der Waals surface area contributed by atoms with Crippen molar-refractivity contribution in [2.75, 3.05) is 38.2 Å². The van der Waals surface area contributed by atoms with E-state index in [1.165, 1.54) is 0 Å². The first-order chi connectivity index (χ1) is 12.2. The maximum atomic E-state index is 12.1. The lowest BCUT2D eigenvalue weighted by atomic mass is 10.2. The van der Waals surface area contributed by atoms with Gasteiger partial charge in [0.2, 0.25) is 0 Å². The van der Waals surface area contributed by atoms with E-state index < -0.39 is 0 Å². The van der Waals surface area contributed by atoms with Gasteiger partial charge < -0.3 is 26.0 Å². The Bertz CT molecular complexity index is 570. The van der Waals surface area contributed by atoms with Crippen LogP contribution in [0.15, 0.2) is 29.3 Å². The summed E-state index contributed by atoms with van der Waals surface area (Å²) >= 11 is 0. The molecule has 1 saturated heterocycles. The molecule has 0 bridgehead atoms. The number of anilines is 1. The first-order valence-corrected chi connectivity index (χ1v) is 8.95. The predicted molar refractivity (Wildman–Crippen MR) is 101 cm³/mol. The van der Waals surface area contributed by atoms with E-state index in [0.717, 1.165) is 63.4 Å². The molecule has 2 rings (SSSR count). The molecule has 1 aromatic rings. The predicted octanol–water partition coefficient (Wildman–Crippen LogP) is 2.15. The monoisotopic (exact) mass is 347 g/mol. The topological polar surface area (TPSA) is 92.0 Å². The summed E-state index contributed by atoms with van der Waals surface area (Å²) in [7, 11) is 0. The smallest absolute Gasteiger partial charge is 0.321 e. The van der Waals surface area contributed by atoms with Crippen LogP contribution >= 0.6 is 0 Å². The van der Waals surface area contributed by atoms with E-state index in [9.17, 15) is 4.79 Å². The number of guanidine groups is 1. The Morgan fingerprint density at radius 3 is 2.92 bits per heavy atom. The summed E-state index contributed by atoms with van der Waals surface area (Å²) in [5.41, 5.74) is 7.64. The van der Waals surface area contributed by atoms with E-state index in [0.29, 0.717) is 12.5 Å². The molecule has 7 heteroatoms. The molecule has 0 aromatic heterocycles. The Morgan fingerprint density at radius 2 is 2.16 bits per heavy atom. The molecule has 0 atom stereocenters. The van der Waals surface area contributed by atoms with E-state index in [4.69, 9.17) is 10.5 Å². The highest BCUT2D eigenvalue weighted by atomic mass is 16.5. The molecule has 25 heavy (non-hydrogen) atoms. The van der Waals surface area contributed by atoms with Crippen LogP contribution in [0.2, 0.25) is 0 Å². The maximum absolute atomic E-state index is 12.1. The van der Waals surface area contributed by atoms with E-state index >= 15 is 0 Å². The number of rotatable bonds is 8. The fraction of sp³-hybridized carbons (Fsp3) is 0.556. The second-order valence-electron chi connectivity index (χ2n) is 6.00. The Balaban J connectivity index is 1.78. The lowest BCUT2D eigenvalue weighted by Gasteiger charge is -2.16. The fourth-order valence-corrected chi connectivity index (χ4v) is 2.64. The number of hydrogen-bond acceptors (Lipinski definition) is 3. The highest BCUT2D eigenvalue weighted by Gasteiger charge is 2.17. The van der Waals surface area contributed by atoms with Crippen LogP contribution in [0.5, 0.6) is 0 Å². The van der Waals surface area contributed by atoms with Gasteiger partial charge in [0.15, 0.2) is 5.96 Å². The van der Waals surface area contributed by atoms with E-state index in [2.05, 4.69) is 15.6 Å². The molecule has 0 unspecified atom stereocenters. The molecule has 2 amide bonds. The van der Waals surface area contributed by atoms with E-state index in [1.54, 1.807) is 0 Å². The minimum Gasteiger partial charge on any atom is -0.382 e. The Labute approximate surface area is 149 Å². The van der Waals surface area contributed by atoms with Crippen LogP contribution in [0.4, 0.5) is 10.5 Å². The van der Waals surface area contributed by atoms with Crippen LogP contribution in [0.25, 0.3) is 0 Å². The second kappa shape index (κ2) is 10.6. The highest BCUT2D eigenvalue weighted by Crippen LogP contribution is 2.14. The van der Waals surface area contributed by atoms with E-state index in [1.807, 2.05) is 36.1 Å². The van der Waals surface area contributed by atoms with Crippen molar-refractivity contribution < 1.29 is 9.53 Å². The molecular formula is C18H29N5O2. The average Bonchev–Trinajstić information content (AvgIpc) is 3.15. The molecule has 0 saturated carbocycles. The molecule has 138 valence electrons. The highest BCUT2D eigenvalue weighted by molar-refractivity contribution is 5.89. The lowest BCUT2D eigenvalue weighted by molar-refractivity contribution is 0.145. The van der Waals surface area contributed by atoms with Crippen LogP contribution < -0.4 is 16.4 Å². The fourth-order valence-electron chi connectivity index (χ4n) is 2.64. The number of aliphatic imine (C=N–C) groups is 1. The SMILES string of the molecule is CCOCCCNC(N)=NCc1cccc(NC(=O)N2CCCC2)c1. The molecule has 7 nitrogen and oxygen atoms in total. The number of carbonyl (C=O) groups is 1. The van der Waals surface area contributed by atoms with Crippen LogP contribution in [0.1, 0.15) is 31.7 Å². The number of nitrogens with one attached hydrogen (secondary N) is 2. The molecule has 4 N–H and O–H groups in total. The molecular weight excluding hydrogens is 318 g/mol. The number of ether oxygens (including phenoxy) is 1. The molecule has 1 fully saturated rings. The van der Waals surface area contributed by atoms with E-state index in [-0.39, 0.29) is 6.03 Å². The van der Waals surface area contributed by atoms with Crippen LogP contribution in [-0.2, 0) is 11.3 Å². The zero-order valence-corrected chi connectivity index (χ0v) is 15.0. The van der Waals surface area contributed by atoms with Crippen molar-refractivity contribution in [1.82, 2.24) is 10.2 Å². The summed E-state index contributed by atoms with van der Waals surface area (Å²) in [6.07, 6.45) is 3.06. The van der Waals surface area contributed by atoms with Crippen molar-refractivity contribution in [2.24, 2.45) is 10.7 Å². The molecule has 1 aliphatic heterocycles. The first-order valence-electron chi connectivity index (χ1n) is 8.95. The Morgan fingerprint density at radius 1 is 1.36 bits per heavy atom. The second-order valence-corrected chi connectivity index (χ2v) is 6.00. The summed E-state index contributed by atoms with van der Waals surface area (Å²) in [6, 6.07) is 7.66. The molecule has 1 aromatic carbocycles. The molecule has 1 aliphatic rings. The Kier molecular flexibility index (Phi) is 8.04. The summed E-state index contributed by atoms with van der Waals surface area (Å²) < 4.78 is 5.27. The van der Waals surface area contributed by atoms with Gasteiger partial charge in [-0.15, -0.1) is 0 Å². The van der Waals surface area contributed by atoms with Crippen molar-refractivity contribution in [3.63, 3.8) is 0 Å². The summed E-state index contributed by atoms with van der Waals surface area (Å²) in [4.78, 5) is 18.3. The number of urea groups is 1. The summed E-state index contributed by atoms with van der Waals surface area (Å²) in [6.45, 7) is 6.30. The third-order valence-corrected chi connectivity index (χ3v) is 3.98. The minimum atomic E-state index is -0.0337. The minimum absolute atomic E-state index is 0.0337. The number of nitrogens with two attached hydrogens (primary N) is 1. The largest absolute Gasteiger partial charge is 0.382 e. The number of nitrogens with zero attached hydrogens (tertiary/aromatic N) is 2. The number of likely N-dealkylation sites (tertiary alicyclic amines) is 1. The summed E-state index contributed by atoms with van der Waals surface area (Å²) in [5, 5.41) is 6.01. The average molecular weight is 347 g/mol. The van der Waals surface area contributed by atoms with Gasteiger partial charge in [0.25, 0.3) is 0 Å². The van der Waals surface area contributed by atoms with Gasteiger partial charge >= 0.3 is 6.03 Å². The van der Waals surface area contributed by atoms with Gasteiger partial charge in [-0.2, -0.15) is 0 Å². The number of amides is 2. The number of carbonyl (C=O) groups excluding carboxylic acids is 1. The first kappa shape index (κ1) is 19.1. The molecule has 1 heterocycles. The van der Waals surface area contributed by atoms with Gasteiger partial charge in [0, 0.05) is 38.5 Å². The Hall–Kier alpha value is -2.28. The van der Waals surface area contributed by atoms with Crippen LogP contribution in [0, 0.1) is 0 Å². The van der Waals surface area contributed by atoms with Gasteiger partial charge in [-0.25, -0.2) is 9.79 Å². The number of benzene rings is 1. The van der Waals surface area contributed by atoms with Gasteiger partial charge in [0.1, 0.15) is 0 Å². The zero-order chi connectivity index (χ0) is 17.9. The quantitative estimate of drug-likeness (QED) is 0.382. The third kappa shape index (κ3) is 7.01. The number of hydrogen-bond donors (Lipinski definition) is 3. The molecule has 0 aliphatic carbocycles. The van der Waals surface area contributed by atoms with Gasteiger partial charge in [-0.1, -0.05) is 12.1 Å². The van der Waals surface area contributed by atoms with Gasteiger partial charge in [-0.3, -0.25) is 0 Å². The molecule has 0 spiro atoms. The van der Waals surface area contributed by atoms with Crippen LogP contribution in [-0.4, -0.2) is 49.7 Å². The normalized spacial score (nSPS) is 14.6. The lowest BCUT2D eigenvalue weighted by Crippen LogP contribution is -2.33. The standard InChI is InChI=1S/C18H29N5O2/c1-2-25-12-6-9-20-17(19)21-14-15-7-5-8-16(13-15)22-18(24)23-10-3-4-11-23/h5,7-8,13H,2-4,6,9-12,14H2,1H3,(H,22,24)(H3,19,20,21). The maximum Gasteiger partial charge on any atom is 0.321 e. The van der Waals surface area contributed by atoms with Crippen molar-refractivity contribution in [3.8, 4) is 0 Å². The third-order valence-electron chi connectivity index (χ3n) is 3.98. The van der Waals surface area contributed by atoms with Crippen molar-refractivity contribution in [2.45, 2.75) is 32.7 Å². The van der Waals surface area contributed by atoms with Gasteiger partial charge in [0.05, 0.1) is 6.54 Å². The van der Waals surface area contributed by atoms with Gasteiger partial charge in [-0.05, 0) is 43.9 Å². The van der Waals surface area contributed by atoms with Crippen LogP contribution in [0.3, 0.4) is 0 Å². The van der Waals surface area contributed by atoms with Crippen molar-refractivity contribution >= 4 is 17.7 Å².